The number of nitrogens with zero attached hydrogens (tertiary/aromatic N) is 1. The number of halogens is 1. The molecule has 1 aliphatic rings. The van der Waals surface area contributed by atoms with Crippen molar-refractivity contribution in [3.63, 3.8) is 0 Å². The molecule has 7 heteroatoms. The van der Waals surface area contributed by atoms with Gasteiger partial charge in [0.15, 0.2) is 5.43 Å². The zero-order chi connectivity index (χ0) is 23.8. The maximum Gasteiger partial charge on any atom is 0.290 e. The van der Waals surface area contributed by atoms with E-state index in [1.807, 2.05) is 54.8 Å². The monoisotopic (exact) mass is 535 g/mol. The summed E-state index contributed by atoms with van der Waals surface area (Å²) in [5.41, 5.74) is 2.61. The fourth-order valence-electron chi connectivity index (χ4n) is 4.40. The Bertz CT molecular complexity index is 1430. The van der Waals surface area contributed by atoms with Crippen LogP contribution in [0.2, 0.25) is 0 Å². The Kier molecular flexibility index (Phi) is 6.23. The number of carbonyl (C=O) groups excluding carboxylic acids is 1. The number of benzene rings is 3. The van der Waals surface area contributed by atoms with Gasteiger partial charge in [0.25, 0.3) is 5.91 Å². The number of hydrogen-bond donors (Lipinski definition) is 0. The standard InChI is InChI=1S/C27H22BrNO4S/c1-32-19-8-3-16(4-9-19)13-14-29-24(17-5-10-20(34-2)11-6-17)23-25(30)21-15-18(28)7-12-22(21)33-26(23)27(29)31/h3-12,15,24H,13-14H2,1-2H3. The van der Waals surface area contributed by atoms with E-state index >= 15 is 0 Å². The molecular weight excluding hydrogens is 514 g/mol. The molecule has 34 heavy (non-hydrogen) atoms. The van der Waals surface area contributed by atoms with Gasteiger partial charge in [-0.05, 0) is 66.3 Å². The molecule has 1 aliphatic heterocycles. The number of hydrogen-bond acceptors (Lipinski definition) is 5. The second-order valence-electron chi connectivity index (χ2n) is 8.09. The lowest BCUT2D eigenvalue weighted by Gasteiger charge is -2.25. The number of thioether (sulfide) groups is 1. The summed E-state index contributed by atoms with van der Waals surface area (Å²) < 4.78 is 12.1. The van der Waals surface area contributed by atoms with Crippen LogP contribution in [0.25, 0.3) is 11.0 Å². The average Bonchev–Trinajstić information content (AvgIpc) is 3.15. The maximum absolute atomic E-state index is 13.6. The van der Waals surface area contributed by atoms with Gasteiger partial charge in [0.2, 0.25) is 5.76 Å². The smallest absolute Gasteiger partial charge is 0.290 e. The van der Waals surface area contributed by atoms with Crippen molar-refractivity contribution in [2.45, 2.75) is 17.4 Å². The summed E-state index contributed by atoms with van der Waals surface area (Å²) in [5, 5.41) is 0.462. The van der Waals surface area contributed by atoms with E-state index in [2.05, 4.69) is 15.9 Å². The largest absolute Gasteiger partial charge is 0.497 e. The maximum atomic E-state index is 13.6. The van der Waals surface area contributed by atoms with Crippen LogP contribution >= 0.6 is 27.7 Å². The van der Waals surface area contributed by atoms with Crippen molar-refractivity contribution >= 4 is 44.6 Å². The van der Waals surface area contributed by atoms with Gasteiger partial charge in [-0.1, -0.05) is 40.2 Å². The minimum Gasteiger partial charge on any atom is -0.497 e. The molecule has 0 aliphatic carbocycles. The first-order chi connectivity index (χ1) is 16.5. The summed E-state index contributed by atoms with van der Waals surface area (Å²) in [7, 11) is 1.63. The third kappa shape index (κ3) is 4.03. The lowest BCUT2D eigenvalue weighted by Crippen LogP contribution is -2.31. The first-order valence-corrected chi connectivity index (χ1v) is 12.9. The topological polar surface area (TPSA) is 59.8 Å². The van der Waals surface area contributed by atoms with Crippen molar-refractivity contribution < 1.29 is 13.9 Å². The molecule has 3 aromatic carbocycles. The molecule has 0 N–H and O–H groups in total. The Morgan fingerprint density at radius 2 is 1.76 bits per heavy atom. The predicted octanol–water partition coefficient (Wildman–Crippen LogP) is 6.07. The molecule has 2 heterocycles. The minimum absolute atomic E-state index is 0.133. The predicted molar refractivity (Wildman–Crippen MR) is 138 cm³/mol. The molecule has 1 aromatic heterocycles. The number of ether oxygens (including phenoxy) is 1. The lowest BCUT2D eigenvalue weighted by molar-refractivity contribution is 0.0730. The van der Waals surface area contributed by atoms with E-state index in [4.69, 9.17) is 9.15 Å². The van der Waals surface area contributed by atoms with Gasteiger partial charge in [0, 0.05) is 15.9 Å². The van der Waals surface area contributed by atoms with E-state index in [0.717, 1.165) is 26.2 Å². The van der Waals surface area contributed by atoms with Crippen LogP contribution in [0.15, 0.2) is 85.3 Å². The van der Waals surface area contributed by atoms with Crippen LogP contribution in [0, 0.1) is 0 Å². The molecule has 5 nitrogen and oxygen atoms in total. The SMILES string of the molecule is COc1ccc(CCN2C(=O)c3oc4ccc(Br)cc4c(=O)c3C2c2ccc(SC)cc2)cc1. The van der Waals surface area contributed by atoms with Gasteiger partial charge >= 0.3 is 0 Å². The fourth-order valence-corrected chi connectivity index (χ4v) is 5.17. The van der Waals surface area contributed by atoms with E-state index in [9.17, 15) is 9.59 Å². The number of carbonyl (C=O) groups is 1. The molecule has 0 radical (unpaired) electrons. The third-order valence-corrected chi connectivity index (χ3v) is 7.40. The number of amides is 1. The van der Waals surface area contributed by atoms with Crippen LogP contribution < -0.4 is 10.2 Å². The second-order valence-corrected chi connectivity index (χ2v) is 9.88. The zero-order valence-electron chi connectivity index (χ0n) is 18.7. The van der Waals surface area contributed by atoms with Gasteiger partial charge < -0.3 is 14.1 Å². The highest BCUT2D eigenvalue weighted by atomic mass is 79.9. The van der Waals surface area contributed by atoms with Crippen molar-refractivity contribution in [2.75, 3.05) is 19.9 Å². The van der Waals surface area contributed by atoms with Gasteiger partial charge in [0.1, 0.15) is 11.3 Å². The number of rotatable bonds is 6. The van der Waals surface area contributed by atoms with Gasteiger partial charge in [-0.2, -0.15) is 0 Å². The first kappa shape index (κ1) is 22.7. The minimum atomic E-state index is -0.503. The Morgan fingerprint density at radius 1 is 1.03 bits per heavy atom. The molecule has 0 bridgehead atoms. The van der Waals surface area contributed by atoms with E-state index < -0.39 is 6.04 Å². The molecule has 1 atom stereocenters. The van der Waals surface area contributed by atoms with Crippen LogP contribution in [0.4, 0.5) is 0 Å². The van der Waals surface area contributed by atoms with E-state index in [1.54, 1.807) is 42.0 Å². The summed E-state index contributed by atoms with van der Waals surface area (Å²) >= 11 is 5.09. The summed E-state index contributed by atoms with van der Waals surface area (Å²) in [5.74, 6) is 0.658. The highest BCUT2D eigenvalue weighted by molar-refractivity contribution is 9.10. The summed E-state index contributed by atoms with van der Waals surface area (Å²) in [4.78, 5) is 30.1. The van der Waals surface area contributed by atoms with Gasteiger partial charge in [-0.15, -0.1) is 11.8 Å². The molecule has 0 fully saturated rings. The zero-order valence-corrected chi connectivity index (χ0v) is 21.1. The van der Waals surface area contributed by atoms with Gasteiger partial charge in [-0.25, -0.2) is 0 Å². The molecule has 172 valence electrons. The number of fused-ring (bicyclic) bond motifs is 2. The van der Waals surface area contributed by atoms with Crippen LogP contribution in [0.1, 0.15) is 33.3 Å². The van der Waals surface area contributed by atoms with Crippen LogP contribution in [0.5, 0.6) is 5.75 Å². The summed E-state index contributed by atoms with van der Waals surface area (Å²) in [6, 6.07) is 20.6. The van der Waals surface area contributed by atoms with Crippen LogP contribution in [-0.4, -0.2) is 30.7 Å². The third-order valence-electron chi connectivity index (χ3n) is 6.16. The highest BCUT2D eigenvalue weighted by Crippen LogP contribution is 2.39. The fraction of sp³-hybridized carbons (Fsp3) is 0.185. The van der Waals surface area contributed by atoms with Crippen molar-refractivity contribution in [1.82, 2.24) is 4.90 Å². The molecule has 4 aromatic rings. The van der Waals surface area contributed by atoms with Crippen molar-refractivity contribution in [3.8, 4) is 5.75 Å². The first-order valence-electron chi connectivity index (χ1n) is 10.8. The van der Waals surface area contributed by atoms with Crippen LogP contribution in [0.3, 0.4) is 0 Å². The van der Waals surface area contributed by atoms with E-state index in [1.165, 1.54) is 0 Å². The number of methoxy groups -OCH3 is 1. The van der Waals surface area contributed by atoms with Crippen molar-refractivity contribution in [2.24, 2.45) is 0 Å². The van der Waals surface area contributed by atoms with Crippen molar-refractivity contribution in [1.29, 1.82) is 0 Å². The second kappa shape index (κ2) is 9.31. The molecule has 0 saturated carbocycles. The lowest BCUT2D eigenvalue weighted by atomic mass is 9.98. The van der Waals surface area contributed by atoms with Gasteiger partial charge in [0.05, 0.1) is 24.1 Å². The molecular formula is C27H22BrNO4S. The molecule has 0 saturated heterocycles. The average molecular weight is 536 g/mol. The summed E-state index contributed by atoms with van der Waals surface area (Å²) in [6.07, 6.45) is 2.66. The molecule has 5 rings (SSSR count). The molecule has 0 spiro atoms. The van der Waals surface area contributed by atoms with Crippen molar-refractivity contribution in [3.05, 3.63) is 104 Å². The Hall–Kier alpha value is -3.03. The van der Waals surface area contributed by atoms with Crippen LogP contribution in [-0.2, 0) is 6.42 Å². The quantitative estimate of drug-likeness (QED) is 0.280. The molecule has 1 amide bonds. The Balaban J connectivity index is 1.59. The Morgan fingerprint density at radius 3 is 2.44 bits per heavy atom. The van der Waals surface area contributed by atoms with E-state index in [0.29, 0.717) is 29.5 Å². The highest BCUT2D eigenvalue weighted by Gasteiger charge is 2.42. The normalized spacial score (nSPS) is 15.1. The van der Waals surface area contributed by atoms with Gasteiger partial charge in [-0.3, -0.25) is 9.59 Å². The van der Waals surface area contributed by atoms with E-state index in [-0.39, 0.29) is 17.1 Å². The summed E-state index contributed by atoms with van der Waals surface area (Å²) in [6.45, 7) is 0.448. The molecule has 1 unspecified atom stereocenters. The Labute approximate surface area is 209 Å².